The molecule has 3 nitrogen and oxygen atoms in total. The molecule has 0 amide bonds. The van der Waals surface area contributed by atoms with Gasteiger partial charge in [0.2, 0.25) is 0 Å². The van der Waals surface area contributed by atoms with Gasteiger partial charge in [-0.25, -0.2) is 0 Å². The standard InChI is InChI=1S/C12H21NO2/c1-3-5-10(9-13)12(14)6-7-15-11(4-2)8-12/h10-11,14H,3-8H2,1-2H3. The molecule has 1 aliphatic rings. The molecule has 3 heteroatoms. The van der Waals surface area contributed by atoms with E-state index in [0.29, 0.717) is 19.4 Å². The summed E-state index contributed by atoms with van der Waals surface area (Å²) in [7, 11) is 0. The quantitative estimate of drug-likeness (QED) is 0.776. The van der Waals surface area contributed by atoms with Crippen LogP contribution in [0.15, 0.2) is 0 Å². The fourth-order valence-corrected chi connectivity index (χ4v) is 2.28. The Morgan fingerprint density at radius 2 is 2.33 bits per heavy atom. The highest BCUT2D eigenvalue weighted by Gasteiger charge is 2.40. The topological polar surface area (TPSA) is 53.2 Å². The normalized spacial score (nSPS) is 33.3. The van der Waals surface area contributed by atoms with Crippen molar-refractivity contribution in [1.29, 1.82) is 5.26 Å². The molecule has 1 rings (SSSR count). The molecule has 0 aliphatic carbocycles. The minimum absolute atomic E-state index is 0.122. The molecule has 0 spiro atoms. The maximum atomic E-state index is 10.5. The predicted octanol–water partition coefficient (Wildman–Crippen LogP) is 2.25. The first-order valence-corrected chi connectivity index (χ1v) is 5.90. The van der Waals surface area contributed by atoms with E-state index in [1.54, 1.807) is 0 Å². The molecule has 3 atom stereocenters. The number of nitriles is 1. The van der Waals surface area contributed by atoms with Gasteiger partial charge < -0.3 is 9.84 Å². The summed E-state index contributed by atoms with van der Waals surface area (Å²) in [5.74, 6) is -0.236. The third kappa shape index (κ3) is 2.93. The number of ether oxygens (including phenoxy) is 1. The lowest BCUT2D eigenvalue weighted by Crippen LogP contribution is -2.46. The molecule has 1 saturated heterocycles. The number of hydrogen-bond donors (Lipinski definition) is 1. The zero-order valence-corrected chi connectivity index (χ0v) is 9.70. The van der Waals surface area contributed by atoms with Gasteiger partial charge in [-0.05, 0) is 12.8 Å². The second kappa shape index (κ2) is 5.48. The summed E-state index contributed by atoms with van der Waals surface area (Å²) in [5.41, 5.74) is -0.816. The Labute approximate surface area is 92.0 Å². The van der Waals surface area contributed by atoms with Gasteiger partial charge in [0.05, 0.1) is 23.7 Å². The predicted molar refractivity (Wildman–Crippen MR) is 58.2 cm³/mol. The molecule has 0 aromatic carbocycles. The minimum Gasteiger partial charge on any atom is -0.388 e. The first-order valence-electron chi connectivity index (χ1n) is 5.90. The Bertz CT molecular complexity index is 236. The van der Waals surface area contributed by atoms with Crippen molar-refractivity contribution in [2.24, 2.45) is 5.92 Å². The Morgan fingerprint density at radius 3 is 2.87 bits per heavy atom. The van der Waals surface area contributed by atoms with Gasteiger partial charge in [0.1, 0.15) is 0 Å². The zero-order chi connectivity index (χ0) is 11.3. The van der Waals surface area contributed by atoms with Crippen LogP contribution < -0.4 is 0 Å². The van der Waals surface area contributed by atoms with Crippen LogP contribution in [0.1, 0.15) is 46.0 Å². The zero-order valence-electron chi connectivity index (χ0n) is 9.70. The maximum absolute atomic E-state index is 10.5. The highest BCUT2D eigenvalue weighted by atomic mass is 16.5. The van der Waals surface area contributed by atoms with Crippen molar-refractivity contribution in [3.05, 3.63) is 0 Å². The van der Waals surface area contributed by atoms with Gasteiger partial charge in [-0.1, -0.05) is 20.3 Å². The lowest BCUT2D eigenvalue weighted by Gasteiger charge is -2.39. The molecule has 1 fully saturated rings. The molecule has 0 aromatic heterocycles. The molecular formula is C12H21NO2. The second-order valence-electron chi connectivity index (χ2n) is 4.43. The maximum Gasteiger partial charge on any atom is 0.0851 e. The van der Waals surface area contributed by atoms with Crippen LogP contribution in [0, 0.1) is 17.2 Å². The van der Waals surface area contributed by atoms with E-state index < -0.39 is 5.60 Å². The van der Waals surface area contributed by atoms with Gasteiger partial charge in [-0.3, -0.25) is 0 Å². The summed E-state index contributed by atoms with van der Waals surface area (Å²) in [6.07, 6.45) is 3.97. The van der Waals surface area contributed by atoms with Crippen LogP contribution in [-0.2, 0) is 4.74 Å². The summed E-state index contributed by atoms with van der Waals surface area (Å²) in [5, 5.41) is 19.5. The Kier molecular flexibility index (Phi) is 4.56. The molecular weight excluding hydrogens is 190 g/mol. The van der Waals surface area contributed by atoms with Gasteiger partial charge in [-0.2, -0.15) is 5.26 Å². The van der Waals surface area contributed by atoms with E-state index in [1.807, 2.05) is 6.92 Å². The van der Waals surface area contributed by atoms with Crippen LogP contribution in [0.5, 0.6) is 0 Å². The highest BCUT2D eigenvalue weighted by molar-refractivity contribution is 5.01. The van der Waals surface area contributed by atoms with Crippen molar-refractivity contribution in [2.75, 3.05) is 6.61 Å². The van der Waals surface area contributed by atoms with E-state index in [9.17, 15) is 5.11 Å². The summed E-state index contributed by atoms with van der Waals surface area (Å²) < 4.78 is 5.53. The van der Waals surface area contributed by atoms with Crippen LogP contribution in [-0.4, -0.2) is 23.4 Å². The van der Waals surface area contributed by atoms with Crippen molar-refractivity contribution in [3.8, 4) is 6.07 Å². The molecule has 1 N–H and O–H groups in total. The Hall–Kier alpha value is -0.590. The lowest BCUT2D eigenvalue weighted by atomic mass is 9.77. The Morgan fingerprint density at radius 1 is 1.60 bits per heavy atom. The van der Waals surface area contributed by atoms with Crippen LogP contribution in [0.2, 0.25) is 0 Å². The van der Waals surface area contributed by atoms with Crippen LogP contribution in [0.3, 0.4) is 0 Å². The van der Waals surface area contributed by atoms with E-state index in [0.717, 1.165) is 19.3 Å². The van der Waals surface area contributed by atoms with Crippen LogP contribution in [0.4, 0.5) is 0 Å². The average molecular weight is 211 g/mol. The molecule has 86 valence electrons. The molecule has 3 unspecified atom stereocenters. The third-order valence-corrected chi connectivity index (χ3v) is 3.31. The largest absolute Gasteiger partial charge is 0.388 e. The van der Waals surface area contributed by atoms with E-state index >= 15 is 0 Å². The first kappa shape index (κ1) is 12.5. The molecule has 0 saturated carbocycles. The third-order valence-electron chi connectivity index (χ3n) is 3.31. The van der Waals surface area contributed by atoms with Crippen molar-refractivity contribution < 1.29 is 9.84 Å². The number of rotatable bonds is 4. The number of nitrogens with zero attached hydrogens (tertiary/aromatic N) is 1. The summed E-state index contributed by atoms with van der Waals surface area (Å²) >= 11 is 0. The molecule has 0 bridgehead atoms. The minimum atomic E-state index is -0.816. The van der Waals surface area contributed by atoms with E-state index in [4.69, 9.17) is 10.00 Å². The Balaban J connectivity index is 2.66. The van der Waals surface area contributed by atoms with Crippen molar-refractivity contribution in [1.82, 2.24) is 0 Å². The molecule has 0 aromatic rings. The van der Waals surface area contributed by atoms with Gasteiger partial charge in [0, 0.05) is 19.4 Å². The molecule has 1 aliphatic heterocycles. The number of hydrogen-bond acceptors (Lipinski definition) is 3. The van der Waals surface area contributed by atoms with E-state index in [-0.39, 0.29) is 12.0 Å². The van der Waals surface area contributed by atoms with Crippen LogP contribution in [0.25, 0.3) is 0 Å². The smallest absolute Gasteiger partial charge is 0.0851 e. The fourth-order valence-electron chi connectivity index (χ4n) is 2.28. The monoisotopic (exact) mass is 211 g/mol. The van der Waals surface area contributed by atoms with Gasteiger partial charge in [0.25, 0.3) is 0 Å². The summed E-state index contributed by atoms with van der Waals surface area (Å²) in [6, 6.07) is 2.25. The van der Waals surface area contributed by atoms with E-state index in [2.05, 4.69) is 13.0 Å². The fraction of sp³-hybridized carbons (Fsp3) is 0.917. The average Bonchev–Trinajstić information content (AvgIpc) is 2.25. The van der Waals surface area contributed by atoms with Crippen LogP contribution >= 0.6 is 0 Å². The summed E-state index contributed by atoms with van der Waals surface area (Å²) in [6.45, 7) is 4.68. The second-order valence-corrected chi connectivity index (χ2v) is 4.43. The molecule has 15 heavy (non-hydrogen) atoms. The summed E-state index contributed by atoms with van der Waals surface area (Å²) in [4.78, 5) is 0. The first-order chi connectivity index (χ1) is 7.16. The molecule has 0 radical (unpaired) electrons. The van der Waals surface area contributed by atoms with E-state index in [1.165, 1.54) is 0 Å². The van der Waals surface area contributed by atoms with Gasteiger partial charge in [-0.15, -0.1) is 0 Å². The SMILES string of the molecule is CCCC(C#N)C1(O)CCOC(CC)C1. The lowest BCUT2D eigenvalue weighted by molar-refractivity contribution is -0.123. The van der Waals surface area contributed by atoms with Gasteiger partial charge in [0.15, 0.2) is 0 Å². The van der Waals surface area contributed by atoms with Crippen molar-refractivity contribution in [2.45, 2.75) is 57.7 Å². The van der Waals surface area contributed by atoms with Crippen molar-refractivity contribution in [3.63, 3.8) is 0 Å². The number of aliphatic hydroxyl groups is 1. The molecule has 1 heterocycles. The van der Waals surface area contributed by atoms with Gasteiger partial charge >= 0.3 is 0 Å². The van der Waals surface area contributed by atoms with Crippen molar-refractivity contribution >= 4 is 0 Å². The highest BCUT2D eigenvalue weighted by Crippen LogP contribution is 2.34.